The van der Waals surface area contributed by atoms with Crippen LogP contribution in [-0.4, -0.2) is 48.7 Å². The van der Waals surface area contributed by atoms with Crippen molar-refractivity contribution >= 4 is 17.6 Å². The summed E-state index contributed by atoms with van der Waals surface area (Å²) in [6.45, 7) is 2.50. The Labute approximate surface area is 107 Å². The third-order valence-electron chi connectivity index (χ3n) is 2.59. The van der Waals surface area contributed by atoms with Crippen LogP contribution in [0.15, 0.2) is 17.4 Å². The predicted octanol–water partition coefficient (Wildman–Crippen LogP) is 0.361. The highest BCUT2D eigenvalue weighted by molar-refractivity contribution is 5.82. The van der Waals surface area contributed by atoms with Crippen molar-refractivity contribution in [3.63, 3.8) is 0 Å². The average Bonchev–Trinajstić information content (AvgIpc) is 2.37. The lowest BCUT2D eigenvalue weighted by Crippen LogP contribution is -2.33. The van der Waals surface area contributed by atoms with E-state index in [4.69, 9.17) is 10.9 Å². The number of amidine groups is 1. The second-order valence-electron chi connectivity index (χ2n) is 4.42. The summed E-state index contributed by atoms with van der Waals surface area (Å²) in [5.74, 6) is 1.60. The van der Waals surface area contributed by atoms with E-state index in [1.54, 1.807) is 6.20 Å². The molecule has 0 aliphatic carbocycles. The standard InChI is InChI=1S/C11H20N6O/c1-8(10(12)15-18)7-17(4)9-5-6-13-11(14-9)16(2)3/h5-6,8,18H,7H2,1-4H3,(H2,12,15). The molecule has 7 heteroatoms. The first-order valence-corrected chi connectivity index (χ1v) is 5.64. The molecule has 100 valence electrons. The van der Waals surface area contributed by atoms with Crippen LogP contribution < -0.4 is 15.5 Å². The van der Waals surface area contributed by atoms with Gasteiger partial charge in [0.15, 0.2) is 0 Å². The lowest BCUT2D eigenvalue weighted by Gasteiger charge is -2.22. The average molecular weight is 252 g/mol. The molecule has 1 heterocycles. The molecule has 0 aliphatic rings. The van der Waals surface area contributed by atoms with Crippen LogP contribution in [0.4, 0.5) is 11.8 Å². The largest absolute Gasteiger partial charge is 0.409 e. The van der Waals surface area contributed by atoms with E-state index in [-0.39, 0.29) is 11.8 Å². The fraction of sp³-hybridized carbons (Fsp3) is 0.545. The lowest BCUT2D eigenvalue weighted by atomic mass is 10.1. The Morgan fingerprint density at radius 3 is 2.72 bits per heavy atom. The van der Waals surface area contributed by atoms with Crippen LogP contribution in [0, 0.1) is 5.92 Å². The molecule has 0 aromatic carbocycles. The van der Waals surface area contributed by atoms with Crippen molar-refractivity contribution in [1.82, 2.24) is 9.97 Å². The zero-order chi connectivity index (χ0) is 13.7. The summed E-state index contributed by atoms with van der Waals surface area (Å²) >= 11 is 0. The van der Waals surface area contributed by atoms with Gasteiger partial charge in [-0.05, 0) is 6.07 Å². The molecule has 0 aliphatic heterocycles. The molecule has 7 nitrogen and oxygen atoms in total. The van der Waals surface area contributed by atoms with Gasteiger partial charge in [0, 0.05) is 39.8 Å². The minimum Gasteiger partial charge on any atom is -0.409 e. The zero-order valence-electron chi connectivity index (χ0n) is 11.2. The van der Waals surface area contributed by atoms with Crippen LogP contribution in [0.25, 0.3) is 0 Å². The fourth-order valence-electron chi connectivity index (χ4n) is 1.46. The fourth-order valence-corrected chi connectivity index (χ4v) is 1.46. The van der Waals surface area contributed by atoms with Gasteiger partial charge in [0.1, 0.15) is 11.7 Å². The van der Waals surface area contributed by atoms with Gasteiger partial charge >= 0.3 is 0 Å². The number of oxime groups is 1. The number of hydrogen-bond donors (Lipinski definition) is 2. The number of nitrogens with two attached hydrogens (primary N) is 1. The maximum Gasteiger partial charge on any atom is 0.226 e. The highest BCUT2D eigenvalue weighted by Gasteiger charge is 2.13. The smallest absolute Gasteiger partial charge is 0.226 e. The van der Waals surface area contributed by atoms with E-state index in [0.717, 1.165) is 5.82 Å². The Morgan fingerprint density at radius 1 is 1.50 bits per heavy atom. The summed E-state index contributed by atoms with van der Waals surface area (Å²) in [6.07, 6.45) is 1.71. The molecule has 1 aromatic rings. The lowest BCUT2D eigenvalue weighted by molar-refractivity contribution is 0.314. The van der Waals surface area contributed by atoms with Crippen LogP contribution in [0.3, 0.4) is 0 Å². The monoisotopic (exact) mass is 252 g/mol. The number of rotatable bonds is 5. The van der Waals surface area contributed by atoms with Crippen LogP contribution in [0.1, 0.15) is 6.92 Å². The molecule has 3 N–H and O–H groups in total. The Morgan fingerprint density at radius 2 is 2.17 bits per heavy atom. The second-order valence-corrected chi connectivity index (χ2v) is 4.42. The minimum atomic E-state index is -0.0576. The van der Waals surface area contributed by atoms with Crippen molar-refractivity contribution in [2.24, 2.45) is 16.8 Å². The Bertz CT molecular complexity index is 420. The Hall–Kier alpha value is -2.05. The van der Waals surface area contributed by atoms with E-state index in [9.17, 15) is 0 Å². The molecule has 1 atom stereocenters. The molecule has 18 heavy (non-hydrogen) atoms. The van der Waals surface area contributed by atoms with Gasteiger partial charge in [0.2, 0.25) is 5.95 Å². The summed E-state index contributed by atoms with van der Waals surface area (Å²) in [4.78, 5) is 12.3. The molecule has 0 spiro atoms. The van der Waals surface area contributed by atoms with Crippen LogP contribution in [0.2, 0.25) is 0 Å². The van der Waals surface area contributed by atoms with Crippen molar-refractivity contribution in [2.45, 2.75) is 6.92 Å². The number of aromatic nitrogens is 2. The molecule has 1 aromatic heterocycles. The molecule has 0 radical (unpaired) electrons. The van der Waals surface area contributed by atoms with Crippen LogP contribution in [-0.2, 0) is 0 Å². The van der Waals surface area contributed by atoms with Gasteiger partial charge in [-0.15, -0.1) is 0 Å². The summed E-state index contributed by atoms with van der Waals surface area (Å²) < 4.78 is 0. The SMILES string of the molecule is CC(CN(C)c1ccnc(N(C)C)n1)C(N)=NO. The van der Waals surface area contributed by atoms with E-state index in [1.165, 1.54) is 0 Å². The van der Waals surface area contributed by atoms with E-state index in [1.807, 2.05) is 43.9 Å². The van der Waals surface area contributed by atoms with Crippen molar-refractivity contribution in [3.05, 3.63) is 12.3 Å². The molecule has 1 rings (SSSR count). The first-order chi connectivity index (χ1) is 8.45. The molecular weight excluding hydrogens is 232 g/mol. The predicted molar refractivity (Wildman–Crippen MR) is 72.2 cm³/mol. The van der Waals surface area contributed by atoms with Crippen molar-refractivity contribution in [2.75, 3.05) is 37.5 Å². The normalized spacial score (nSPS) is 13.2. The maximum absolute atomic E-state index is 8.62. The Kier molecular flexibility index (Phi) is 4.70. The molecule has 0 saturated carbocycles. The molecule has 1 unspecified atom stereocenters. The minimum absolute atomic E-state index is 0.0576. The molecule has 0 fully saturated rings. The van der Waals surface area contributed by atoms with E-state index < -0.39 is 0 Å². The Balaban J connectivity index is 2.78. The topological polar surface area (TPSA) is 90.9 Å². The third-order valence-corrected chi connectivity index (χ3v) is 2.59. The summed E-state index contributed by atoms with van der Waals surface area (Å²) in [6, 6.07) is 1.83. The highest BCUT2D eigenvalue weighted by atomic mass is 16.4. The quantitative estimate of drug-likeness (QED) is 0.340. The van der Waals surface area contributed by atoms with Crippen LogP contribution >= 0.6 is 0 Å². The van der Waals surface area contributed by atoms with Crippen molar-refractivity contribution in [1.29, 1.82) is 0 Å². The number of anilines is 2. The van der Waals surface area contributed by atoms with Crippen molar-refractivity contribution < 1.29 is 5.21 Å². The van der Waals surface area contributed by atoms with Gasteiger partial charge in [-0.25, -0.2) is 4.98 Å². The first kappa shape index (κ1) is 14.0. The molecular formula is C11H20N6O. The van der Waals surface area contributed by atoms with Gasteiger partial charge in [0.25, 0.3) is 0 Å². The summed E-state index contributed by atoms with van der Waals surface area (Å²) in [5, 5.41) is 11.6. The van der Waals surface area contributed by atoms with Gasteiger partial charge < -0.3 is 20.7 Å². The van der Waals surface area contributed by atoms with Gasteiger partial charge in [0.05, 0.1) is 0 Å². The molecule has 0 amide bonds. The van der Waals surface area contributed by atoms with E-state index in [2.05, 4.69) is 15.1 Å². The molecule has 0 bridgehead atoms. The van der Waals surface area contributed by atoms with Crippen molar-refractivity contribution in [3.8, 4) is 0 Å². The van der Waals surface area contributed by atoms with E-state index >= 15 is 0 Å². The van der Waals surface area contributed by atoms with Crippen LogP contribution in [0.5, 0.6) is 0 Å². The molecule has 0 saturated heterocycles. The maximum atomic E-state index is 8.62. The zero-order valence-corrected chi connectivity index (χ0v) is 11.2. The van der Waals surface area contributed by atoms with Gasteiger partial charge in [-0.3, -0.25) is 0 Å². The van der Waals surface area contributed by atoms with Gasteiger partial charge in [-0.1, -0.05) is 12.1 Å². The van der Waals surface area contributed by atoms with E-state index in [0.29, 0.717) is 12.5 Å². The second kappa shape index (κ2) is 6.04. The third kappa shape index (κ3) is 3.47. The summed E-state index contributed by atoms with van der Waals surface area (Å²) in [7, 11) is 5.68. The summed E-state index contributed by atoms with van der Waals surface area (Å²) in [5.41, 5.74) is 5.55. The van der Waals surface area contributed by atoms with Gasteiger partial charge in [-0.2, -0.15) is 4.98 Å². The number of hydrogen-bond acceptors (Lipinski definition) is 6. The highest BCUT2D eigenvalue weighted by Crippen LogP contribution is 2.13. The first-order valence-electron chi connectivity index (χ1n) is 5.64. The number of nitrogens with zero attached hydrogens (tertiary/aromatic N) is 5.